The Morgan fingerprint density at radius 1 is 1.40 bits per heavy atom. The van der Waals surface area contributed by atoms with Gasteiger partial charge in [-0.15, -0.1) is 0 Å². The van der Waals surface area contributed by atoms with Crippen molar-refractivity contribution in [3.8, 4) is 5.75 Å². The van der Waals surface area contributed by atoms with Crippen LogP contribution >= 0.6 is 15.9 Å². The predicted octanol–water partition coefficient (Wildman–Crippen LogP) is 2.97. The summed E-state index contributed by atoms with van der Waals surface area (Å²) < 4.78 is 6.56. The summed E-state index contributed by atoms with van der Waals surface area (Å²) in [5.41, 5.74) is 9.22. The SMILES string of the molecule is COc1c(C)cc(Br)c(CCCN)c1C. The maximum absolute atomic E-state index is 5.53. The van der Waals surface area contributed by atoms with Crippen LogP contribution in [0, 0.1) is 13.8 Å². The summed E-state index contributed by atoms with van der Waals surface area (Å²) in [6, 6.07) is 2.11. The average Bonchev–Trinajstić information content (AvgIpc) is 2.17. The highest BCUT2D eigenvalue weighted by atomic mass is 79.9. The first-order valence-corrected chi connectivity index (χ1v) is 5.93. The van der Waals surface area contributed by atoms with Gasteiger partial charge in [0.2, 0.25) is 0 Å². The largest absolute Gasteiger partial charge is 0.496 e. The van der Waals surface area contributed by atoms with Gasteiger partial charge < -0.3 is 10.5 Å². The van der Waals surface area contributed by atoms with Gasteiger partial charge in [0.1, 0.15) is 5.75 Å². The zero-order valence-electron chi connectivity index (χ0n) is 9.56. The van der Waals surface area contributed by atoms with E-state index in [1.54, 1.807) is 7.11 Å². The van der Waals surface area contributed by atoms with E-state index >= 15 is 0 Å². The van der Waals surface area contributed by atoms with Crippen LogP contribution in [0.4, 0.5) is 0 Å². The van der Waals surface area contributed by atoms with Gasteiger partial charge in [-0.1, -0.05) is 15.9 Å². The van der Waals surface area contributed by atoms with Crippen LogP contribution in [-0.2, 0) is 6.42 Å². The van der Waals surface area contributed by atoms with Crippen molar-refractivity contribution < 1.29 is 4.74 Å². The number of hydrogen-bond acceptors (Lipinski definition) is 2. The van der Waals surface area contributed by atoms with E-state index < -0.39 is 0 Å². The lowest BCUT2D eigenvalue weighted by Gasteiger charge is -2.15. The molecule has 2 N–H and O–H groups in total. The topological polar surface area (TPSA) is 35.2 Å². The van der Waals surface area contributed by atoms with Crippen LogP contribution in [0.1, 0.15) is 23.1 Å². The molecule has 0 aliphatic rings. The van der Waals surface area contributed by atoms with Gasteiger partial charge in [-0.05, 0) is 56.0 Å². The Kier molecular flexibility index (Phi) is 4.61. The fourth-order valence-corrected chi connectivity index (χ4v) is 2.69. The van der Waals surface area contributed by atoms with Crippen molar-refractivity contribution in [1.82, 2.24) is 0 Å². The molecule has 0 fully saturated rings. The Labute approximate surface area is 99.9 Å². The Bertz CT molecular complexity index is 350. The third kappa shape index (κ3) is 2.73. The molecule has 0 aliphatic heterocycles. The molecule has 0 aliphatic carbocycles. The summed E-state index contributed by atoms with van der Waals surface area (Å²) in [5, 5.41) is 0. The van der Waals surface area contributed by atoms with E-state index in [0.717, 1.165) is 29.6 Å². The minimum absolute atomic E-state index is 0.724. The molecule has 0 radical (unpaired) electrons. The van der Waals surface area contributed by atoms with Crippen LogP contribution < -0.4 is 10.5 Å². The molecular formula is C12H18BrNO. The molecule has 0 saturated carbocycles. The van der Waals surface area contributed by atoms with Crippen LogP contribution in [0.2, 0.25) is 0 Å². The molecule has 0 unspecified atom stereocenters. The maximum atomic E-state index is 5.53. The van der Waals surface area contributed by atoms with E-state index in [0.29, 0.717) is 0 Å². The van der Waals surface area contributed by atoms with Gasteiger partial charge in [-0.25, -0.2) is 0 Å². The average molecular weight is 272 g/mol. The minimum atomic E-state index is 0.724. The zero-order chi connectivity index (χ0) is 11.4. The third-order valence-electron chi connectivity index (χ3n) is 2.62. The van der Waals surface area contributed by atoms with E-state index in [1.807, 2.05) is 0 Å². The fourth-order valence-electron chi connectivity index (χ4n) is 1.85. The van der Waals surface area contributed by atoms with E-state index in [9.17, 15) is 0 Å². The van der Waals surface area contributed by atoms with E-state index in [4.69, 9.17) is 10.5 Å². The molecule has 0 aromatic heterocycles. The first kappa shape index (κ1) is 12.5. The van der Waals surface area contributed by atoms with Crippen LogP contribution in [-0.4, -0.2) is 13.7 Å². The number of ether oxygens (including phenoxy) is 1. The number of halogens is 1. The summed E-state index contributed by atoms with van der Waals surface area (Å²) in [7, 11) is 1.72. The fraction of sp³-hybridized carbons (Fsp3) is 0.500. The molecule has 0 saturated heterocycles. The second kappa shape index (κ2) is 5.52. The molecule has 1 aromatic rings. The first-order valence-electron chi connectivity index (χ1n) is 5.14. The van der Waals surface area contributed by atoms with E-state index in [1.165, 1.54) is 16.7 Å². The molecule has 0 spiro atoms. The van der Waals surface area contributed by atoms with Crippen molar-refractivity contribution in [3.05, 3.63) is 27.2 Å². The van der Waals surface area contributed by atoms with Crippen molar-refractivity contribution in [1.29, 1.82) is 0 Å². The molecule has 0 heterocycles. The van der Waals surface area contributed by atoms with E-state index in [-0.39, 0.29) is 0 Å². The zero-order valence-corrected chi connectivity index (χ0v) is 11.1. The molecule has 1 rings (SSSR count). The Morgan fingerprint density at radius 2 is 2.07 bits per heavy atom. The molecule has 0 amide bonds. The number of aryl methyl sites for hydroxylation is 1. The van der Waals surface area contributed by atoms with Crippen LogP contribution in [0.3, 0.4) is 0 Å². The van der Waals surface area contributed by atoms with Gasteiger partial charge >= 0.3 is 0 Å². The first-order chi connectivity index (χ1) is 7.11. The van der Waals surface area contributed by atoms with Gasteiger partial charge in [0.05, 0.1) is 7.11 Å². The molecule has 0 bridgehead atoms. The highest BCUT2D eigenvalue weighted by molar-refractivity contribution is 9.10. The maximum Gasteiger partial charge on any atom is 0.125 e. The molecule has 2 nitrogen and oxygen atoms in total. The Hall–Kier alpha value is -0.540. The van der Waals surface area contributed by atoms with Crippen LogP contribution in [0.15, 0.2) is 10.5 Å². The highest BCUT2D eigenvalue weighted by Gasteiger charge is 2.11. The van der Waals surface area contributed by atoms with Gasteiger partial charge in [0.25, 0.3) is 0 Å². The van der Waals surface area contributed by atoms with Crippen molar-refractivity contribution in [2.45, 2.75) is 26.7 Å². The summed E-state index contributed by atoms with van der Waals surface area (Å²) in [6.07, 6.45) is 2.01. The third-order valence-corrected chi connectivity index (χ3v) is 3.33. The van der Waals surface area contributed by atoms with Gasteiger partial charge in [-0.2, -0.15) is 0 Å². The van der Waals surface area contributed by atoms with Gasteiger partial charge in [-0.3, -0.25) is 0 Å². The lowest BCUT2D eigenvalue weighted by molar-refractivity contribution is 0.407. The quantitative estimate of drug-likeness (QED) is 0.914. The Balaban J connectivity index is 3.14. The second-order valence-corrected chi connectivity index (χ2v) is 4.56. The van der Waals surface area contributed by atoms with Crippen LogP contribution in [0.25, 0.3) is 0 Å². The number of hydrogen-bond donors (Lipinski definition) is 1. The lowest BCUT2D eigenvalue weighted by atomic mass is 10.00. The van der Waals surface area contributed by atoms with E-state index in [2.05, 4.69) is 35.8 Å². The second-order valence-electron chi connectivity index (χ2n) is 3.70. The monoisotopic (exact) mass is 271 g/mol. The molecule has 3 heteroatoms. The summed E-state index contributed by atoms with van der Waals surface area (Å²) in [4.78, 5) is 0. The summed E-state index contributed by atoms with van der Waals surface area (Å²) in [5.74, 6) is 0.991. The molecular weight excluding hydrogens is 254 g/mol. The standard InChI is InChI=1S/C12H18BrNO/c1-8-7-11(13)10(5-4-6-14)9(2)12(8)15-3/h7H,4-6,14H2,1-3H3. The molecule has 15 heavy (non-hydrogen) atoms. The smallest absolute Gasteiger partial charge is 0.125 e. The highest BCUT2D eigenvalue weighted by Crippen LogP contribution is 2.32. The van der Waals surface area contributed by atoms with Crippen LogP contribution in [0.5, 0.6) is 5.75 Å². The molecule has 0 atom stereocenters. The molecule has 1 aromatic carbocycles. The number of benzene rings is 1. The predicted molar refractivity (Wildman–Crippen MR) is 67.5 cm³/mol. The van der Waals surface area contributed by atoms with Crippen molar-refractivity contribution in [2.24, 2.45) is 5.73 Å². The summed E-state index contributed by atoms with van der Waals surface area (Å²) in [6.45, 7) is 4.88. The van der Waals surface area contributed by atoms with Crippen molar-refractivity contribution in [2.75, 3.05) is 13.7 Å². The van der Waals surface area contributed by atoms with Gasteiger partial charge in [0, 0.05) is 4.47 Å². The van der Waals surface area contributed by atoms with Gasteiger partial charge in [0.15, 0.2) is 0 Å². The number of methoxy groups -OCH3 is 1. The number of rotatable bonds is 4. The Morgan fingerprint density at radius 3 is 2.60 bits per heavy atom. The van der Waals surface area contributed by atoms with Crippen molar-refractivity contribution >= 4 is 15.9 Å². The molecule has 84 valence electrons. The number of nitrogens with two attached hydrogens (primary N) is 1. The van der Waals surface area contributed by atoms with Crippen molar-refractivity contribution in [3.63, 3.8) is 0 Å². The normalized spacial score (nSPS) is 10.5. The lowest BCUT2D eigenvalue weighted by Crippen LogP contribution is -2.03. The summed E-state index contributed by atoms with van der Waals surface area (Å²) >= 11 is 3.60. The minimum Gasteiger partial charge on any atom is -0.496 e.